The number of benzene rings is 3. The largest absolute Gasteiger partial charge is 0.493 e. The van der Waals surface area contributed by atoms with Gasteiger partial charge in [0.1, 0.15) is 12.4 Å². The first kappa shape index (κ1) is 28.0. The standard InChI is InChI=1S/C31H28FN3O5S/c1-19-28(30(37)40-17-20-7-5-4-6-8-20)29(21-9-14-25(38-2)26(15-21)39-3)35-24(18-41-31(35)33-19)16-27(36)34-23-12-10-22(32)11-13-23/h4-15,18,29H,16-17H2,1-3H3,(H,34,36). The summed E-state index contributed by atoms with van der Waals surface area (Å²) in [6, 6.07) is 19.8. The molecule has 8 nitrogen and oxygen atoms in total. The van der Waals surface area contributed by atoms with Crippen molar-refractivity contribution in [3.63, 3.8) is 0 Å². The first-order valence-corrected chi connectivity index (χ1v) is 13.7. The van der Waals surface area contributed by atoms with Gasteiger partial charge in [-0.1, -0.05) is 48.2 Å². The number of hydrogen-bond acceptors (Lipinski definition) is 8. The number of amides is 1. The number of fused-ring (bicyclic) bond motifs is 1. The van der Waals surface area contributed by atoms with Crippen LogP contribution >= 0.6 is 11.8 Å². The van der Waals surface area contributed by atoms with Gasteiger partial charge in [0.2, 0.25) is 5.91 Å². The number of anilines is 1. The maximum absolute atomic E-state index is 13.7. The minimum Gasteiger partial charge on any atom is -0.493 e. The number of thioether (sulfide) groups is 1. The zero-order valence-electron chi connectivity index (χ0n) is 22.7. The minimum atomic E-state index is -0.648. The lowest BCUT2D eigenvalue weighted by Gasteiger charge is -2.36. The molecular weight excluding hydrogens is 545 g/mol. The van der Waals surface area contributed by atoms with Crippen LogP contribution in [0, 0.1) is 5.82 Å². The monoisotopic (exact) mass is 573 g/mol. The Morgan fingerprint density at radius 3 is 2.44 bits per heavy atom. The van der Waals surface area contributed by atoms with Crippen molar-refractivity contribution in [3.05, 3.63) is 112 Å². The lowest BCUT2D eigenvalue weighted by atomic mass is 9.93. The number of nitrogens with one attached hydrogen (secondary N) is 1. The second-order valence-electron chi connectivity index (χ2n) is 9.30. The number of carbonyl (C=O) groups is 2. The van der Waals surface area contributed by atoms with Gasteiger partial charge in [0.05, 0.1) is 38.0 Å². The number of ether oxygens (including phenoxy) is 3. The second-order valence-corrected chi connectivity index (χ2v) is 10.1. The summed E-state index contributed by atoms with van der Waals surface area (Å²) in [4.78, 5) is 33.3. The number of esters is 1. The van der Waals surface area contributed by atoms with Crippen molar-refractivity contribution < 1.29 is 28.2 Å². The molecule has 2 aliphatic heterocycles. The summed E-state index contributed by atoms with van der Waals surface area (Å²) >= 11 is 1.37. The third-order valence-electron chi connectivity index (χ3n) is 6.63. The molecule has 1 atom stereocenters. The van der Waals surface area contributed by atoms with Crippen molar-refractivity contribution >= 4 is 34.5 Å². The van der Waals surface area contributed by atoms with Gasteiger partial charge in [-0.05, 0) is 59.9 Å². The first-order valence-electron chi connectivity index (χ1n) is 12.8. The predicted molar refractivity (Wildman–Crippen MR) is 156 cm³/mol. The molecule has 0 bridgehead atoms. The molecule has 1 unspecified atom stereocenters. The Morgan fingerprint density at radius 1 is 1.00 bits per heavy atom. The van der Waals surface area contributed by atoms with E-state index in [0.717, 1.165) is 11.1 Å². The smallest absolute Gasteiger partial charge is 0.338 e. The third kappa shape index (κ3) is 6.12. The summed E-state index contributed by atoms with van der Waals surface area (Å²) in [5.74, 6) is -0.162. The molecule has 10 heteroatoms. The summed E-state index contributed by atoms with van der Waals surface area (Å²) in [5.41, 5.74) is 3.59. The molecule has 2 heterocycles. The maximum atomic E-state index is 13.7. The topological polar surface area (TPSA) is 89.5 Å². The fourth-order valence-electron chi connectivity index (χ4n) is 4.67. The van der Waals surface area contributed by atoms with E-state index in [2.05, 4.69) is 5.32 Å². The highest BCUT2D eigenvalue weighted by Crippen LogP contribution is 2.46. The van der Waals surface area contributed by atoms with Crippen LogP contribution in [-0.4, -0.2) is 36.2 Å². The van der Waals surface area contributed by atoms with Gasteiger partial charge in [-0.25, -0.2) is 14.2 Å². The van der Waals surface area contributed by atoms with E-state index in [0.29, 0.717) is 39.3 Å². The molecule has 3 aromatic rings. The summed E-state index contributed by atoms with van der Waals surface area (Å²) in [5, 5.41) is 5.28. The summed E-state index contributed by atoms with van der Waals surface area (Å²) in [7, 11) is 3.10. The Hall–Kier alpha value is -4.57. The lowest BCUT2D eigenvalue weighted by molar-refractivity contribution is -0.141. The van der Waals surface area contributed by atoms with Gasteiger partial charge in [-0.15, -0.1) is 0 Å². The van der Waals surface area contributed by atoms with Crippen LogP contribution in [0.3, 0.4) is 0 Å². The van der Waals surface area contributed by atoms with Crippen LogP contribution in [0.25, 0.3) is 0 Å². The fourth-order valence-corrected chi connectivity index (χ4v) is 5.64. The van der Waals surface area contributed by atoms with Gasteiger partial charge in [0.15, 0.2) is 16.7 Å². The molecule has 0 radical (unpaired) electrons. The number of halogens is 1. The van der Waals surface area contributed by atoms with E-state index in [-0.39, 0.29) is 18.9 Å². The Kier molecular flexibility index (Phi) is 8.39. The Balaban J connectivity index is 1.48. The van der Waals surface area contributed by atoms with E-state index in [1.54, 1.807) is 27.2 Å². The predicted octanol–water partition coefficient (Wildman–Crippen LogP) is 6.19. The van der Waals surface area contributed by atoms with Crippen molar-refractivity contribution in [1.82, 2.24) is 4.90 Å². The zero-order valence-corrected chi connectivity index (χ0v) is 23.5. The zero-order chi connectivity index (χ0) is 28.9. The lowest BCUT2D eigenvalue weighted by Crippen LogP contribution is -2.37. The van der Waals surface area contributed by atoms with Crippen LogP contribution in [0.2, 0.25) is 0 Å². The Labute approximate surface area is 241 Å². The van der Waals surface area contributed by atoms with Crippen LogP contribution in [0.5, 0.6) is 11.5 Å². The number of methoxy groups -OCH3 is 2. The highest BCUT2D eigenvalue weighted by Gasteiger charge is 2.41. The molecule has 1 amide bonds. The van der Waals surface area contributed by atoms with Gasteiger partial charge < -0.3 is 24.4 Å². The van der Waals surface area contributed by atoms with Crippen LogP contribution in [0.1, 0.15) is 30.5 Å². The van der Waals surface area contributed by atoms with E-state index in [9.17, 15) is 14.0 Å². The molecule has 1 N–H and O–H groups in total. The molecule has 41 heavy (non-hydrogen) atoms. The van der Waals surface area contributed by atoms with Gasteiger partial charge in [0, 0.05) is 11.4 Å². The number of amidine groups is 1. The third-order valence-corrected chi connectivity index (χ3v) is 7.52. The van der Waals surface area contributed by atoms with Crippen molar-refractivity contribution in [2.75, 3.05) is 19.5 Å². The van der Waals surface area contributed by atoms with Crippen LogP contribution < -0.4 is 14.8 Å². The number of nitrogens with zero attached hydrogens (tertiary/aromatic N) is 2. The molecule has 5 rings (SSSR count). The molecule has 0 aliphatic carbocycles. The fraction of sp³-hybridized carbons (Fsp3) is 0.194. The van der Waals surface area contributed by atoms with E-state index in [1.165, 1.54) is 36.0 Å². The molecular formula is C31H28FN3O5S. The molecule has 0 saturated carbocycles. The normalized spacial score (nSPS) is 16.0. The SMILES string of the molecule is COc1ccc(C2C(C(=O)OCc3ccccc3)=C(C)N=C3SC=C(CC(=O)Nc4ccc(F)cc4)N32)cc1OC. The van der Waals surface area contributed by atoms with E-state index >= 15 is 0 Å². The van der Waals surface area contributed by atoms with Crippen LogP contribution in [-0.2, 0) is 20.9 Å². The number of hydrogen-bond donors (Lipinski definition) is 1. The molecule has 210 valence electrons. The van der Waals surface area contributed by atoms with E-state index in [4.69, 9.17) is 19.2 Å². The van der Waals surface area contributed by atoms with Crippen molar-refractivity contribution in [2.24, 2.45) is 4.99 Å². The number of rotatable bonds is 9. The van der Waals surface area contributed by atoms with Crippen molar-refractivity contribution in [2.45, 2.75) is 26.0 Å². The van der Waals surface area contributed by atoms with Gasteiger partial charge in [0.25, 0.3) is 0 Å². The van der Waals surface area contributed by atoms with E-state index < -0.39 is 17.8 Å². The average molecular weight is 574 g/mol. The van der Waals surface area contributed by atoms with Crippen LogP contribution in [0.15, 0.2) is 100 Å². The van der Waals surface area contributed by atoms with Crippen molar-refractivity contribution in [1.29, 1.82) is 0 Å². The minimum absolute atomic E-state index is 0.00141. The molecule has 0 fully saturated rings. The summed E-state index contributed by atoms with van der Waals surface area (Å²) < 4.78 is 30.1. The van der Waals surface area contributed by atoms with Crippen LogP contribution in [0.4, 0.5) is 10.1 Å². The Morgan fingerprint density at radius 2 is 1.73 bits per heavy atom. The summed E-state index contributed by atoms with van der Waals surface area (Å²) in [6.45, 7) is 1.88. The molecule has 3 aromatic carbocycles. The maximum Gasteiger partial charge on any atom is 0.338 e. The summed E-state index contributed by atoms with van der Waals surface area (Å²) in [6.07, 6.45) is -0.00141. The number of carbonyl (C=O) groups excluding carboxylic acids is 2. The average Bonchev–Trinajstić information content (AvgIpc) is 3.37. The Bertz CT molecular complexity index is 1550. The van der Waals surface area contributed by atoms with Gasteiger partial charge in [-0.3, -0.25) is 4.79 Å². The molecule has 0 saturated heterocycles. The molecule has 0 aromatic heterocycles. The second kappa shape index (κ2) is 12.3. The van der Waals surface area contributed by atoms with E-state index in [1.807, 2.05) is 52.8 Å². The highest BCUT2D eigenvalue weighted by molar-refractivity contribution is 8.16. The molecule has 0 spiro atoms. The molecule has 2 aliphatic rings. The van der Waals surface area contributed by atoms with Gasteiger partial charge in [-0.2, -0.15) is 0 Å². The first-order chi connectivity index (χ1) is 19.9. The van der Waals surface area contributed by atoms with Gasteiger partial charge >= 0.3 is 5.97 Å². The number of allylic oxidation sites excluding steroid dienone is 1. The van der Waals surface area contributed by atoms with Crippen molar-refractivity contribution in [3.8, 4) is 11.5 Å². The number of aliphatic imine (C=N–C) groups is 1. The quantitative estimate of drug-likeness (QED) is 0.305. The highest BCUT2D eigenvalue weighted by atomic mass is 32.2.